The van der Waals surface area contributed by atoms with E-state index in [1.54, 1.807) is 0 Å². The van der Waals surface area contributed by atoms with E-state index in [1.165, 1.54) is 30.4 Å². The summed E-state index contributed by atoms with van der Waals surface area (Å²) in [5.41, 5.74) is 3.29. The number of benzene rings is 2. The number of rotatable bonds is 5. The van der Waals surface area contributed by atoms with Gasteiger partial charge in [-0.25, -0.2) is 0 Å². The van der Waals surface area contributed by atoms with Crippen molar-refractivity contribution >= 4 is 0 Å². The highest BCUT2D eigenvalue weighted by molar-refractivity contribution is 5.34. The lowest BCUT2D eigenvalue weighted by atomic mass is 9.61. The monoisotopic (exact) mass is 446 g/mol. The van der Waals surface area contributed by atoms with E-state index in [0.717, 1.165) is 5.92 Å². The average Bonchev–Trinajstić information content (AvgIpc) is 3.50. The molecule has 4 aliphatic rings. The van der Waals surface area contributed by atoms with Gasteiger partial charge in [-0.2, -0.15) is 0 Å². The Morgan fingerprint density at radius 2 is 1.09 bits per heavy atom. The molecule has 0 bridgehead atoms. The molecule has 6 rings (SSSR count). The third-order valence-corrected chi connectivity index (χ3v) is 9.89. The van der Waals surface area contributed by atoms with Crippen LogP contribution in [0.5, 0.6) is 0 Å². The largest absolute Gasteiger partial charge is 0.0805 e. The first-order valence-electron chi connectivity index (χ1n) is 13.4. The topological polar surface area (TPSA) is 0 Å². The van der Waals surface area contributed by atoms with Crippen molar-refractivity contribution in [1.82, 2.24) is 0 Å². The van der Waals surface area contributed by atoms with Crippen LogP contribution in [0, 0.1) is 46.8 Å². The summed E-state index contributed by atoms with van der Waals surface area (Å²) in [6.07, 6.45) is 23.3. The lowest BCUT2D eigenvalue weighted by Crippen LogP contribution is -2.37. The van der Waals surface area contributed by atoms with Crippen LogP contribution in [0.4, 0.5) is 0 Å². The maximum atomic E-state index is 2.61. The molecular weight excluding hydrogens is 408 g/mol. The molecule has 0 N–H and O–H groups in total. The third-order valence-electron chi connectivity index (χ3n) is 9.89. The van der Waals surface area contributed by atoms with Crippen LogP contribution in [0.2, 0.25) is 0 Å². The molecule has 0 amide bonds. The molecule has 2 aromatic carbocycles. The predicted molar refractivity (Wildman–Crippen MR) is 143 cm³/mol. The van der Waals surface area contributed by atoms with E-state index in [-0.39, 0.29) is 0 Å². The molecule has 4 aliphatic carbocycles. The Kier molecular flexibility index (Phi) is 5.72. The normalized spacial score (nSPS) is 33.9. The van der Waals surface area contributed by atoms with Crippen LogP contribution < -0.4 is 0 Å². The number of hydrogen-bond donors (Lipinski definition) is 0. The summed E-state index contributed by atoms with van der Waals surface area (Å²) in [6.45, 7) is 5.23. The molecule has 2 saturated carbocycles. The van der Waals surface area contributed by atoms with Crippen molar-refractivity contribution in [3.05, 3.63) is 120 Å². The second-order valence-electron chi connectivity index (χ2n) is 11.8. The zero-order chi connectivity index (χ0) is 23.1. The Balaban J connectivity index is 1.29. The van der Waals surface area contributed by atoms with Gasteiger partial charge in [-0.1, -0.05) is 123 Å². The van der Waals surface area contributed by atoms with Crippen LogP contribution in [0.15, 0.2) is 109 Å². The summed E-state index contributed by atoms with van der Waals surface area (Å²) in [5.74, 6) is 5.36. The fourth-order valence-corrected chi connectivity index (χ4v) is 8.34. The van der Waals surface area contributed by atoms with E-state index < -0.39 is 0 Å². The lowest BCUT2D eigenvalue weighted by Gasteiger charge is -2.44. The maximum absolute atomic E-state index is 2.61. The minimum Gasteiger partial charge on any atom is -0.0805 e. The quantitative estimate of drug-likeness (QED) is 0.431. The van der Waals surface area contributed by atoms with Crippen LogP contribution in [0.25, 0.3) is 0 Å². The molecule has 2 aromatic rings. The van der Waals surface area contributed by atoms with Gasteiger partial charge in [0.1, 0.15) is 0 Å². The van der Waals surface area contributed by atoms with Gasteiger partial charge in [-0.05, 0) is 77.2 Å². The highest BCUT2D eigenvalue weighted by Gasteiger charge is 2.55. The first-order chi connectivity index (χ1) is 16.6. The van der Waals surface area contributed by atoms with Gasteiger partial charge in [0.25, 0.3) is 0 Å². The summed E-state index contributed by atoms with van der Waals surface area (Å²) in [7, 11) is 0. The third kappa shape index (κ3) is 3.67. The van der Waals surface area contributed by atoms with Gasteiger partial charge in [0, 0.05) is 5.92 Å². The maximum Gasteiger partial charge on any atom is 0.0118 e. The van der Waals surface area contributed by atoms with Crippen molar-refractivity contribution in [2.24, 2.45) is 46.8 Å². The fraction of sp³-hybridized carbons (Fsp3) is 0.412. The van der Waals surface area contributed by atoms with Crippen molar-refractivity contribution in [1.29, 1.82) is 0 Å². The van der Waals surface area contributed by atoms with Gasteiger partial charge in [-0.3, -0.25) is 0 Å². The van der Waals surface area contributed by atoms with Crippen molar-refractivity contribution in [3.63, 3.8) is 0 Å². The van der Waals surface area contributed by atoms with E-state index in [4.69, 9.17) is 0 Å². The van der Waals surface area contributed by atoms with Gasteiger partial charge >= 0.3 is 0 Å². The Morgan fingerprint density at radius 1 is 0.618 bits per heavy atom. The molecule has 0 nitrogen and oxygen atoms in total. The molecule has 0 aliphatic heterocycles. The number of fused-ring (bicyclic) bond motifs is 3. The fourth-order valence-electron chi connectivity index (χ4n) is 8.34. The summed E-state index contributed by atoms with van der Waals surface area (Å²) in [6, 6.07) is 22.5. The summed E-state index contributed by atoms with van der Waals surface area (Å²) >= 11 is 0. The average molecular weight is 447 g/mol. The second-order valence-corrected chi connectivity index (χ2v) is 11.8. The second kappa shape index (κ2) is 8.88. The van der Waals surface area contributed by atoms with Gasteiger partial charge in [0.15, 0.2) is 0 Å². The first-order valence-corrected chi connectivity index (χ1v) is 13.4. The molecule has 6 unspecified atom stereocenters. The Hall–Kier alpha value is -2.60. The highest BCUT2D eigenvalue weighted by Crippen LogP contribution is 2.62. The molecule has 0 radical (unpaired) electrons. The predicted octanol–water partition coefficient (Wildman–Crippen LogP) is 8.61. The Bertz CT molecular complexity index is 1030. The van der Waals surface area contributed by atoms with E-state index in [2.05, 4.69) is 123 Å². The molecule has 0 aromatic heterocycles. The molecule has 0 saturated heterocycles. The van der Waals surface area contributed by atoms with E-state index >= 15 is 0 Å². The standard InChI is InChI=1S/C34H38/c1-34(2,33-30-19-11-9-17-28(30)29-18-10-12-20-31(29)33)27-22-21-26(23-27)32(24-13-5-3-6-14-24)25-15-7-4-8-16-25/h3-20,26-33H,21-23H2,1-2H3. The van der Waals surface area contributed by atoms with E-state index in [0.29, 0.717) is 46.8 Å². The minimum atomic E-state index is 0.319. The molecule has 0 heteroatoms. The van der Waals surface area contributed by atoms with Gasteiger partial charge in [0.05, 0.1) is 0 Å². The van der Waals surface area contributed by atoms with Crippen molar-refractivity contribution in [2.45, 2.75) is 39.0 Å². The van der Waals surface area contributed by atoms with Gasteiger partial charge in [-0.15, -0.1) is 0 Å². The van der Waals surface area contributed by atoms with Crippen LogP contribution in [0.3, 0.4) is 0 Å². The van der Waals surface area contributed by atoms with Crippen molar-refractivity contribution < 1.29 is 0 Å². The van der Waals surface area contributed by atoms with Gasteiger partial charge in [0.2, 0.25) is 0 Å². The zero-order valence-electron chi connectivity index (χ0n) is 20.6. The SMILES string of the molecule is CC(C)(C1CCC(C(c2ccccc2)c2ccccc2)C1)C1C2C=CC=CC2C2C=CC=CC21. The smallest absolute Gasteiger partial charge is 0.0118 e. The highest BCUT2D eigenvalue weighted by atomic mass is 14.6. The molecule has 34 heavy (non-hydrogen) atoms. The molecule has 174 valence electrons. The summed E-state index contributed by atoms with van der Waals surface area (Å²) in [4.78, 5) is 0. The Morgan fingerprint density at radius 3 is 1.59 bits per heavy atom. The first kappa shape index (κ1) is 21.9. The van der Waals surface area contributed by atoms with Crippen molar-refractivity contribution in [2.75, 3.05) is 0 Å². The molecular formula is C34H38. The zero-order valence-corrected chi connectivity index (χ0v) is 20.6. The minimum absolute atomic E-state index is 0.319. The summed E-state index contributed by atoms with van der Waals surface area (Å²) in [5, 5.41) is 0. The lowest BCUT2D eigenvalue weighted by molar-refractivity contribution is 0.0723. The van der Waals surface area contributed by atoms with Crippen LogP contribution >= 0.6 is 0 Å². The van der Waals surface area contributed by atoms with E-state index in [9.17, 15) is 0 Å². The molecule has 0 spiro atoms. The van der Waals surface area contributed by atoms with Crippen LogP contribution in [-0.4, -0.2) is 0 Å². The van der Waals surface area contributed by atoms with Crippen molar-refractivity contribution in [3.8, 4) is 0 Å². The van der Waals surface area contributed by atoms with E-state index in [1.807, 2.05) is 0 Å². The van der Waals surface area contributed by atoms with Crippen LogP contribution in [-0.2, 0) is 0 Å². The number of hydrogen-bond acceptors (Lipinski definition) is 0. The van der Waals surface area contributed by atoms with Crippen LogP contribution in [0.1, 0.15) is 50.2 Å². The summed E-state index contributed by atoms with van der Waals surface area (Å²) < 4.78 is 0. The Labute approximate surface area is 206 Å². The number of allylic oxidation sites excluding steroid dienone is 8. The molecule has 2 fully saturated rings. The molecule has 6 atom stereocenters. The van der Waals surface area contributed by atoms with Gasteiger partial charge < -0.3 is 0 Å². The molecule has 0 heterocycles.